The van der Waals surface area contributed by atoms with E-state index in [2.05, 4.69) is 205 Å². The van der Waals surface area contributed by atoms with E-state index >= 15 is 0 Å². The first kappa shape index (κ1) is 32.8. The zero-order chi connectivity index (χ0) is 37.5. The maximum atomic E-state index is 7.05. The third kappa shape index (κ3) is 4.90. The summed E-state index contributed by atoms with van der Waals surface area (Å²) < 4.78 is 9.61. The molecule has 0 radical (unpaired) electrons. The summed E-state index contributed by atoms with van der Waals surface area (Å²) >= 11 is 3.75. The predicted molar refractivity (Wildman–Crippen MR) is 245 cm³/mol. The Labute approximate surface area is 340 Å². The van der Waals surface area contributed by atoms with Gasteiger partial charge in [-0.25, -0.2) is 0 Å². The van der Waals surface area contributed by atoms with Crippen LogP contribution < -0.4 is 30.4 Å². The van der Waals surface area contributed by atoms with Crippen molar-refractivity contribution >= 4 is 99.9 Å². The molecule has 12 rings (SSSR count). The summed E-state index contributed by atoms with van der Waals surface area (Å²) in [6.45, 7) is 0. The van der Waals surface area contributed by atoms with Gasteiger partial charge in [0.15, 0.2) is 8.07 Å². The molecule has 57 heavy (non-hydrogen) atoms. The Morgan fingerprint density at radius 2 is 1.05 bits per heavy atom. The van der Waals surface area contributed by atoms with Crippen molar-refractivity contribution in [3.8, 4) is 22.6 Å². The largest absolute Gasteiger partial charge is 0.457 e. The van der Waals surface area contributed by atoms with E-state index in [1.54, 1.807) is 0 Å². The third-order valence-corrected chi connectivity index (χ3v) is 19.4. The quantitative estimate of drug-likeness (QED) is 0.165. The Bertz CT molecular complexity index is 3160. The van der Waals surface area contributed by atoms with Crippen molar-refractivity contribution in [3.05, 3.63) is 200 Å². The van der Waals surface area contributed by atoms with Crippen LogP contribution in [0.4, 0.5) is 17.1 Å². The number of ether oxygens (including phenoxy) is 1. The van der Waals surface area contributed by atoms with Crippen LogP contribution in [0.1, 0.15) is 0 Å². The van der Waals surface area contributed by atoms with Gasteiger partial charge >= 0.3 is 0 Å². The summed E-state index contributed by atoms with van der Waals surface area (Å²) in [5.74, 6) is 1.87. The van der Waals surface area contributed by atoms with Gasteiger partial charge in [0.1, 0.15) is 11.5 Å². The Balaban J connectivity index is 1.09. The van der Waals surface area contributed by atoms with E-state index < -0.39 is 8.07 Å². The molecule has 1 aromatic heterocycles. The first-order chi connectivity index (χ1) is 28.3. The molecular weight excluding hydrogens is 747 g/mol. The number of hydrogen-bond donors (Lipinski definition) is 0. The number of rotatable bonds is 4. The predicted octanol–water partition coefficient (Wildman–Crippen LogP) is 12.3. The molecule has 5 heteroatoms. The van der Waals surface area contributed by atoms with Crippen LogP contribution in [0, 0.1) is 0 Å². The monoisotopic (exact) mass is 779 g/mol. The maximum absolute atomic E-state index is 7.05. The molecule has 0 N–H and O–H groups in total. The summed E-state index contributed by atoms with van der Waals surface area (Å²) in [7, 11) is -2.76. The number of fused-ring (bicyclic) bond motifs is 12. The van der Waals surface area contributed by atoms with Crippen LogP contribution in [0.25, 0.3) is 42.1 Å². The normalized spacial score (nSPS) is 13.5. The van der Waals surface area contributed by atoms with Crippen LogP contribution in [0.2, 0.25) is 0 Å². The van der Waals surface area contributed by atoms with Crippen molar-refractivity contribution in [1.82, 2.24) is 0 Å². The molecule has 3 heterocycles. The summed E-state index contributed by atoms with van der Waals surface area (Å²) in [5.41, 5.74) is 5.74. The smallest absolute Gasteiger partial charge is 0.190 e. The van der Waals surface area contributed by atoms with Gasteiger partial charge in [-0.15, -0.1) is 11.3 Å². The highest BCUT2D eigenvalue weighted by Crippen LogP contribution is 2.47. The molecule has 0 saturated heterocycles. The summed E-state index contributed by atoms with van der Waals surface area (Å²) in [4.78, 5) is 5.10. The van der Waals surface area contributed by atoms with Gasteiger partial charge in [-0.1, -0.05) is 157 Å². The fraction of sp³-hybridized carbons (Fsp3) is 0. The van der Waals surface area contributed by atoms with Crippen molar-refractivity contribution in [2.24, 2.45) is 0 Å². The molecule has 2 nitrogen and oxygen atoms in total. The molecule has 0 unspecified atom stereocenters. The molecule has 10 aromatic rings. The van der Waals surface area contributed by atoms with E-state index in [4.69, 9.17) is 4.74 Å². The van der Waals surface area contributed by atoms with Crippen LogP contribution in [0.5, 0.6) is 11.5 Å². The Morgan fingerprint density at radius 1 is 0.439 bits per heavy atom. The van der Waals surface area contributed by atoms with Crippen molar-refractivity contribution in [2.75, 3.05) is 4.90 Å². The lowest BCUT2D eigenvalue weighted by molar-refractivity contribution is 0.487. The van der Waals surface area contributed by atoms with Crippen molar-refractivity contribution in [1.29, 1.82) is 0 Å². The van der Waals surface area contributed by atoms with Crippen molar-refractivity contribution in [2.45, 2.75) is 9.79 Å². The SMILES string of the molecule is c1ccc2c(c1)Oc1cc(N(c3ccc(-c4cccc5ccccc45)cc3)c3cccc4c3sc3ccccc34)ccc1[Si]21c2ccccc2Sc2ccccc21. The Kier molecular flexibility index (Phi) is 7.39. The number of thiophene rings is 1. The minimum atomic E-state index is -2.76. The van der Waals surface area contributed by atoms with Crippen molar-refractivity contribution < 1.29 is 4.74 Å². The highest BCUT2D eigenvalue weighted by atomic mass is 32.2. The molecule has 9 aromatic carbocycles. The highest BCUT2D eigenvalue weighted by molar-refractivity contribution is 8.00. The molecule has 0 saturated carbocycles. The van der Waals surface area contributed by atoms with Gasteiger partial charge in [0.2, 0.25) is 0 Å². The molecule has 0 amide bonds. The first-order valence-corrected chi connectivity index (χ1v) is 23.0. The van der Waals surface area contributed by atoms with Gasteiger partial charge in [0.05, 0.1) is 10.4 Å². The molecule has 1 spiro atoms. The number of benzene rings is 9. The lowest BCUT2D eigenvalue weighted by Gasteiger charge is -2.43. The van der Waals surface area contributed by atoms with Crippen LogP contribution >= 0.6 is 23.1 Å². The van der Waals surface area contributed by atoms with E-state index in [1.165, 1.54) is 72.6 Å². The first-order valence-electron chi connectivity index (χ1n) is 19.3. The van der Waals surface area contributed by atoms with E-state index in [9.17, 15) is 0 Å². The maximum Gasteiger partial charge on any atom is 0.190 e. The molecule has 0 aliphatic carbocycles. The topological polar surface area (TPSA) is 12.5 Å². The highest BCUT2D eigenvalue weighted by Gasteiger charge is 2.52. The fourth-order valence-corrected chi connectivity index (χ4v) is 17.7. The van der Waals surface area contributed by atoms with E-state index in [0.29, 0.717) is 0 Å². The molecule has 268 valence electrons. The number of hydrogen-bond acceptors (Lipinski definition) is 4. The Hall–Kier alpha value is -6.37. The van der Waals surface area contributed by atoms with Crippen LogP contribution in [-0.2, 0) is 0 Å². The third-order valence-electron chi connectivity index (χ3n) is 11.8. The lowest BCUT2D eigenvalue weighted by Crippen LogP contribution is -2.77. The summed E-state index contributed by atoms with van der Waals surface area (Å²) in [5, 5.41) is 10.5. The minimum absolute atomic E-state index is 0.926. The summed E-state index contributed by atoms with van der Waals surface area (Å²) in [6, 6.07) is 73.7. The van der Waals surface area contributed by atoms with Crippen LogP contribution in [0.3, 0.4) is 0 Å². The minimum Gasteiger partial charge on any atom is -0.457 e. The van der Waals surface area contributed by atoms with E-state index in [0.717, 1.165) is 28.6 Å². The molecule has 0 atom stereocenters. The zero-order valence-corrected chi connectivity index (χ0v) is 33.4. The van der Waals surface area contributed by atoms with Gasteiger partial charge in [0.25, 0.3) is 0 Å². The molecular formula is C52H33NOS2Si. The second-order valence-electron chi connectivity index (χ2n) is 14.8. The summed E-state index contributed by atoms with van der Waals surface area (Å²) in [6.07, 6.45) is 0. The zero-order valence-electron chi connectivity index (χ0n) is 30.7. The molecule has 0 bridgehead atoms. The lowest BCUT2D eigenvalue weighted by atomic mass is 9.98. The second kappa shape index (κ2) is 12.8. The van der Waals surface area contributed by atoms with Gasteiger partial charge in [-0.05, 0) is 91.2 Å². The van der Waals surface area contributed by atoms with Crippen LogP contribution in [0.15, 0.2) is 210 Å². The van der Waals surface area contributed by atoms with Crippen LogP contribution in [-0.4, -0.2) is 8.07 Å². The Morgan fingerprint density at radius 3 is 1.88 bits per heavy atom. The fourth-order valence-electron chi connectivity index (χ4n) is 9.35. The number of nitrogens with zero attached hydrogens (tertiary/aromatic N) is 1. The standard InChI is InChI=1S/C52H33NOS2Si/c1-2-15-38-34(13-1)14-11-17-39(38)35-27-29-36(30-28-35)53(42-19-12-18-41-40-16-3-5-21-45(40)56-52(41)42)37-31-32-49-44(33-37)54-43-20-4-8-24-48(43)57(49)50-25-9-6-22-46(50)55-47-23-7-10-26-51(47)57/h1-33H. The molecule has 2 aliphatic rings. The average molecular weight is 780 g/mol. The van der Waals surface area contributed by atoms with Gasteiger partial charge in [-0.3, -0.25) is 0 Å². The van der Waals surface area contributed by atoms with Gasteiger partial charge < -0.3 is 9.64 Å². The number of anilines is 3. The van der Waals surface area contributed by atoms with Gasteiger partial charge in [-0.2, -0.15) is 0 Å². The van der Waals surface area contributed by atoms with E-state index in [1.807, 2.05) is 23.1 Å². The van der Waals surface area contributed by atoms with E-state index in [-0.39, 0.29) is 0 Å². The average Bonchev–Trinajstić information content (AvgIpc) is 3.66. The van der Waals surface area contributed by atoms with Gasteiger partial charge in [0, 0.05) is 42.7 Å². The second-order valence-corrected chi connectivity index (χ2v) is 20.6. The van der Waals surface area contributed by atoms with Crippen molar-refractivity contribution in [3.63, 3.8) is 0 Å². The molecule has 2 aliphatic heterocycles. The number of para-hydroxylation sites is 1. The molecule has 0 fully saturated rings.